The Morgan fingerprint density at radius 1 is 1.09 bits per heavy atom. The van der Waals surface area contributed by atoms with Gasteiger partial charge in [-0.1, -0.05) is 30.0 Å². The highest BCUT2D eigenvalue weighted by atomic mass is 32.2. The standard InChI is InChI=1S/C20H21N5O4S3/c1-4-30-20-25-24-19(32-20)23-17(27)13-5-6-14-15(13)21-18(31-14)22-16(26)10-7-11(28-2)9-12(8-10)29-3/h7-9,13H,4-6H2,1-3H3,(H,21,22,26)(H,23,24,27). The normalized spacial score (nSPS) is 14.7. The minimum absolute atomic E-state index is 0.159. The Labute approximate surface area is 197 Å². The minimum atomic E-state index is -0.380. The number of methoxy groups -OCH3 is 2. The zero-order valence-corrected chi connectivity index (χ0v) is 20.1. The molecule has 0 fully saturated rings. The molecule has 0 bridgehead atoms. The van der Waals surface area contributed by atoms with Crippen LogP contribution in [-0.2, 0) is 11.2 Å². The van der Waals surface area contributed by atoms with Crippen molar-refractivity contribution in [2.75, 3.05) is 30.6 Å². The molecule has 1 unspecified atom stereocenters. The molecule has 2 heterocycles. The summed E-state index contributed by atoms with van der Waals surface area (Å²) >= 11 is 4.33. The highest BCUT2D eigenvalue weighted by molar-refractivity contribution is 8.01. The van der Waals surface area contributed by atoms with Crippen molar-refractivity contribution in [1.82, 2.24) is 15.2 Å². The van der Waals surface area contributed by atoms with E-state index in [0.29, 0.717) is 39.4 Å². The van der Waals surface area contributed by atoms with E-state index in [4.69, 9.17) is 9.47 Å². The van der Waals surface area contributed by atoms with Crippen LogP contribution in [0.5, 0.6) is 11.5 Å². The first-order valence-corrected chi connectivity index (χ1v) is 12.4. The van der Waals surface area contributed by atoms with Crippen LogP contribution >= 0.6 is 34.4 Å². The predicted molar refractivity (Wildman–Crippen MR) is 126 cm³/mol. The van der Waals surface area contributed by atoms with E-state index in [9.17, 15) is 9.59 Å². The third-order valence-corrected chi connectivity index (χ3v) is 7.67. The number of carbonyl (C=O) groups excluding carboxylic acids is 2. The predicted octanol–water partition coefficient (Wildman–Crippen LogP) is 4.04. The molecule has 0 spiro atoms. The Morgan fingerprint density at radius 2 is 1.84 bits per heavy atom. The van der Waals surface area contributed by atoms with Crippen LogP contribution in [0.15, 0.2) is 22.5 Å². The summed E-state index contributed by atoms with van der Waals surface area (Å²) < 4.78 is 11.3. The first-order chi connectivity index (χ1) is 15.5. The summed E-state index contributed by atoms with van der Waals surface area (Å²) in [5.74, 6) is 1.06. The molecule has 2 aromatic heterocycles. The molecule has 0 aliphatic heterocycles. The van der Waals surface area contributed by atoms with E-state index in [0.717, 1.165) is 21.4 Å². The molecule has 9 nitrogen and oxygen atoms in total. The second-order valence-corrected chi connectivity index (χ2v) is 10.3. The first kappa shape index (κ1) is 22.5. The molecule has 168 valence electrons. The van der Waals surface area contributed by atoms with Gasteiger partial charge in [0.25, 0.3) is 5.91 Å². The molecule has 32 heavy (non-hydrogen) atoms. The fourth-order valence-electron chi connectivity index (χ4n) is 3.28. The number of ether oxygens (including phenoxy) is 2. The number of hydrogen-bond donors (Lipinski definition) is 2. The summed E-state index contributed by atoms with van der Waals surface area (Å²) in [7, 11) is 3.05. The van der Waals surface area contributed by atoms with Crippen LogP contribution in [0.3, 0.4) is 0 Å². The number of aryl methyl sites for hydroxylation is 1. The van der Waals surface area contributed by atoms with Crippen LogP contribution in [0.4, 0.5) is 10.3 Å². The van der Waals surface area contributed by atoms with Gasteiger partial charge in [-0.3, -0.25) is 20.2 Å². The van der Waals surface area contributed by atoms with Gasteiger partial charge in [-0.15, -0.1) is 21.5 Å². The maximum atomic E-state index is 12.8. The Hall–Kier alpha value is -2.70. The van der Waals surface area contributed by atoms with Gasteiger partial charge in [0.05, 0.1) is 25.8 Å². The van der Waals surface area contributed by atoms with Crippen molar-refractivity contribution >= 4 is 56.5 Å². The maximum absolute atomic E-state index is 12.8. The van der Waals surface area contributed by atoms with Gasteiger partial charge in [-0.25, -0.2) is 4.98 Å². The topological polar surface area (TPSA) is 115 Å². The quantitative estimate of drug-likeness (QED) is 0.358. The highest BCUT2D eigenvalue weighted by Gasteiger charge is 2.33. The van der Waals surface area contributed by atoms with E-state index in [2.05, 4.69) is 25.8 Å². The zero-order chi connectivity index (χ0) is 22.7. The van der Waals surface area contributed by atoms with E-state index in [-0.39, 0.29) is 17.7 Å². The van der Waals surface area contributed by atoms with Crippen molar-refractivity contribution in [2.45, 2.75) is 30.0 Å². The Bertz CT molecular complexity index is 1120. The maximum Gasteiger partial charge on any atom is 0.257 e. The van der Waals surface area contributed by atoms with Gasteiger partial charge in [0.2, 0.25) is 11.0 Å². The molecule has 0 saturated carbocycles. The number of nitrogens with zero attached hydrogens (tertiary/aromatic N) is 3. The highest BCUT2D eigenvalue weighted by Crippen LogP contribution is 2.39. The van der Waals surface area contributed by atoms with Crippen LogP contribution in [0.2, 0.25) is 0 Å². The van der Waals surface area contributed by atoms with E-state index in [1.807, 2.05) is 6.92 Å². The Morgan fingerprint density at radius 3 is 2.53 bits per heavy atom. The number of aromatic nitrogens is 3. The number of rotatable bonds is 8. The van der Waals surface area contributed by atoms with E-state index < -0.39 is 0 Å². The number of nitrogens with one attached hydrogen (secondary N) is 2. The largest absolute Gasteiger partial charge is 0.497 e. The third kappa shape index (κ3) is 4.87. The molecule has 3 aromatic rings. The van der Waals surface area contributed by atoms with Gasteiger partial charge >= 0.3 is 0 Å². The number of thiazole rings is 1. The number of fused-ring (bicyclic) bond motifs is 1. The summed E-state index contributed by atoms with van der Waals surface area (Å²) in [5, 5.41) is 14.7. The molecule has 0 radical (unpaired) electrons. The van der Waals surface area contributed by atoms with Crippen LogP contribution < -0.4 is 20.1 Å². The molecule has 2 amide bonds. The molecule has 2 N–H and O–H groups in total. The van der Waals surface area contributed by atoms with Gasteiger partial charge in [0, 0.05) is 16.5 Å². The second kappa shape index (κ2) is 9.84. The number of anilines is 2. The third-order valence-electron chi connectivity index (χ3n) is 4.77. The van der Waals surface area contributed by atoms with Crippen molar-refractivity contribution in [3.8, 4) is 11.5 Å². The van der Waals surface area contributed by atoms with Crippen LogP contribution in [-0.4, -0.2) is 47.0 Å². The molecule has 1 atom stereocenters. The smallest absolute Gasteiger partial charge is 0.257 e. The fraction of sp³-hybridized carbons (Fsp3) is 0.350. The van der Waals surface area contributed by atoms with Crippen LogP contribution in [0.1, 0.15) is 40.2 Å². The van der Waals surface area contributed by atoms with E-state index >= 15 is 0 Å². The minimum Gasteiger partial charge on any atom is -0.497 e. The van der Waals surface area contributed by atoms with Crippen molar-refractivity contribution in [3.05, 3.63) is 34.3 Å². The lowest BCUT2D eigenvalue weighted by molar-refractivity contribution is -0.117. The van der Waals surface area contributed by atoms with E-state index in [1.54, 1.807) is 30.0 Å². The second-order valence-electron chi connectivity index (χ2n) is 6.77. The molecule has 4 rings (SSSR count). The molecule has 1 aliphatic rings. The van der Waals surface area contributed by atoms with E-state index in [1.165, 1.54) is 36.9 Å². The summed E-state index contributed by atoms with van der Waals surface area (Å²) in [6.45, 7) is 2.04. The number of thioether (sulfide) groups is 1. The zero-order valence-electron chi connectivity index (χ0n) is 17.6. The molecule has 1 aromatic carbocycles. The SMILES string of the molecule is CCSc1nnc(NC(=O)C2CCc3sc(NC(=O)c4cc(OC)cc(OC)c4)nc32)s1. The Balaban J connectivity index is 1.45. The lowest BCUT2D eigenvalue weighted by Crippen LogP contribution is -2.20. The molecular formula is C20H21N5O4S3. The average molecular weight is 492 g/mol. The van der Waals surface area contributed by atoms with Crippen LogP contribution in [0, 0.1) is 0 Å². The summed E-state index contributed by atoms with van der Waals surface area (Å²) in [5.41, 5.74) is 1.10. The summed E-state index contributed by atoms with van der Waals surface area (Å²) in [6.07, 6.45) is 1.41. The van der Waals surface area contributed by atoms with Crippen molar-refractivity contribution in [1.29, 1.82) is 0 Å². The van der Waals surface area contributed by atoms with Crippen molar-refractivity contribution in [2.24, 2.45) is 0 Å². The lowest BCUT2D eigenvalue weighted by Gasteiger charge is -2.09. The average Bonchev–Trinajstić information content (AvgIpc) is 3.49. The van der Waals surface area contributed by atoms with Crippen LogP contribution in [0.25, 0.3) is 0 Å². The van der Waals surface area contributed by atoms with Gasteiger partial charge in [0.15, 0.2) is 9.47 Å². The molecule has 1 aliphatic carbocycles. The van der Waals surface area contributed by atoms with Gasteiger partial charge < -0.3 is 9.47 Å². The van der Waals surface area contributed by atoms with Gasteiger partial charge in [-0.2, -0.15) is 0 Å². The monoisotopic (exact) mass is 491 g/mol. The number of amides is 2. The van der Waals surface area contributed by atoms with Gasteiger partial charge in [0.1, 0.15) is 11.5 Å². The molecule has 12 heteroatoms. The van der Waals surface area contributed by atoms with Crippen molar-refractivity contribution in [3.63, 3.8) is 0 Å². The van der Waals surface area contributed by atoms with Gasteiger partial charge in [-0.05, 0) is 30.7 Å². The number of carbonyl (C=O) groups is 2. The number of hydrogen-bond acceptors (Lipinski definition) is 10. The summed E-state index contributed by atoms with van der Waals surface area (Å²) in [4.78, 5) is 31.1. The lowest BCUT2D eigenvalue weighted by atomic mass is 10.1. The molecular weight excluding hydrogens is 470 g/mol. The number of benzene rings is 1. The first-order valence-electron chi connectivity index (χ1n) is 9.82. The Kier molecular flexibility index (Phi) is 6.92. The summed E-state index contributed by atoms with van der Waals surface area (Å²) in [6, 6.07) is 4.95. The molecule has 0 saturated heterocycles. The fourth-order valence-corrected chi connectivity index (χ4v) is 5.96. The van der Waals surface area contributed by atoms with Crippen molar-refractivity contribution < 1.29 is 19.1 Å².